The van der Waals surface area contributed by atoms with Gasteiger partial charge in [-0.2, -0.15) is 0 Å². The molecule has 112 valence electrons. The largest absolute Gasteiger partial charge is 0.453 e. The topological polar surface area (TPSA) is 80.8 Å². The van der Waals surface area contributed by atoms with Gasteiger partial charge in [-0.05, 0) is 25.0 Å². The molecule has 0 unspecified atom stereocenters. The summed E-state index contributed by atoms with van der Waals surface area (Å²) < 4.78 is 30.1. The lowest BCUT2D eigenvalue weighted by molar-refractivity contribution is -0.119. The van der Waals surface area contributed by atoms with E-state index in [1.807, 2.05) is 0 Å². The van der Waals surface area contributed by atoms with E-state index in [4.69, 9.17) is 0 Å². The van der Waals surface area contributed by atoms with Crippen LogP contribution in [0.5, 0.6) is 0 Å². The summed E-state index contributed by atoms with van der Waals surface area (Å²) >= 11 is 0. The summed E-state index contributed by atoms with van der Waals surface area (Å²) in [5.41, 5.74) is 0. The maximum absolute atomic E-state index is 12.7. The standard InChI is InChI=1S/C14H15NO5S/c1-20-14(17)15-10-7-8-11(15)13(12(10)16)21(18,19)9-5-3-2-4-6-9/h2-6,10-11,13H,7-8H2,1H3/t10-,11+,13+/m1/s1. The minimum atomic E-state index is -3.79. The lowest BCUT2D eigenvalue weighted by Crippen LogP contribution is -2.41. The molecule has 1 aromatic carbocycles. The Morgan fingerprint density at radius 2 is 1.90 bits per heavy atom. The highest BCUT2D eigenvalue weighted by Gasteiger charge is 2.60. The van der Waals surface area contributed by atoms with Crippen molar-refractivity contribution in [2.75, 3.05) is 7.11 Å². The second-order valence-corrected chi connectivity index (χ2v) is 7.29. The van der Waals surface area contributed by atoms with Crippen LogP contribution in [0.25, 0.3) is 0 Å². The number of methoxy groups -OCH3 is 1. The van der Waals surface area contributed by atoms with Gasteiger partial charge in [0.05, 0.1) is 24.1 Å². The Morgan fingerprint density at radius 3 is 2.52 bits per heavy atom. The van der Waals surface area contributed by atoms with Gasteiger partial charge in [-0.25, -0.2) is 13.2 Å². The molecule has 0 aromatic heterocycles. The number of Topliss-reactive ketones (excluding diaryl/α,β-unsaturated/α-hetero) is 1. The van der Waals surface area contributed by atoms with Gasteiger partial charge in [-0.3, -0.25) is 9.69 Å². The molecule has 2 bridgehead atoms. The van der Waals surface area contributed by atoms with Gasteiger partial charge in [0.15, 0.2) is 15.6 Å². The van der Waals surface area contributed by atoms with Gasteiger partial charge in [0.2, 0.25) is 0 Å². The molecule has 2 fully saturated rings. The maximum atomic E-state index is 12.7. The average molecular weight is 309 g/mol. The summed E-state index contributed by atoms with van der Waals surface area (Å²) in [6.07, 6.45) is 0.364. The number of benzene rings is 1. The molecule has 0 spiro atoms. The molecule has 0 saturated carbocycles. The second-order valence-electron chi connectivity index (χ2n) is 5.22. The molecule has 3 rings (SSSR count). The monoisotopic (exact) mass is 309 g/mol. The summed E-state index contributed by atoms with van der Waals surface area (Å²) in [6, 6.07) is 6.58. The fraction of sp³-hybridized carbons (Fsp3) is 0.429. The molecule has 0 N–H and O–H groups in total. The van der Waals surface area contributed by atoms with Gasteiger partial charge >= 0.3 is 6.09 Å². The van der Waals surface area contributed by atoms with Crippen LogP contribution in [-0.2, 0) is 19.4 Å². The molecule has 3 atom stereocenters. The molecule has 2 saturated heterocycles. The van der Waals surface area contributed by atoms with Gasteiger partial charge in [-0.1, -0.05) is 18.2 Å². The number of hydrogen-bond acceptors (Lipinski definition) is 5. The smallest absolute Gasteiger partial charge is 0.410 e. The Bertz CT molecular complexity index is 685. The number of fused-ring (bicyclic) bond motifs is 2. The highest BCUT2D eigenvalue weighted by atomic mass is 32.2. The van der Waals surface area contributed by atoms with Crippen molar-refractivity contribution in [3.63, 3.8) is 0 Å². The molecule has 0 radical (unpaired) electrons. The third kappa shape index (κ3) is 1.95. The normalized spacial score (nSPS) is 28.0. The zero-order valence-electron chi connectivity index (χ0n) is 11.4. The number of ether oxygens (including phenoxy) is 1. The summed E-state index contributed by atoms with van der Waals surface area (Å²) in [5.74, 6) is -0.402. The first kappa shape index (κ1) is 14.1. The zero-order chi connectivity index (χ0) is 15.2. The number of ketones is 1. The quantitative estimate of drug-likeness (QED) is 0.814. The summed E-state index contributed by atoms with van der Waals surface area (Å²) in [6.45, 7) is 0. The minimum absolute atomic E-state index is 0.112. The summed E-state index contributed by atoms with van der Waals surface area (Å²) in [5, 5.41) is -1.18. The van der Waals surface area contributed by atoms with E-state index in [2.05, 4.69) is 4.74 Å². The number of rotatable bonds is 2. The van der Waals surface area contributed by atoms with Gasteiger partial charge in [-0.15, -0.1) is 0 Å². The van der Waals surface area contributed by atoms with Gasteiger partial charge < -0.3 is 4.74 Å². The molecule has 2 aliphatic rings. The molecule has 0 aliphatic carbocycles. The molecule has 2 heterocycles. The first-order valence-corrected chi connectivity index (χ1v) is 8.22. The van der Waals surface area contributed by atoms with Gasteiger partial charge in [0, 0.05) is 0 Å². The molecule has 1 aromatic rings. The van der Waals surface area contributed by atoms with E-state index in [1.54, 1.807) is 18.2 Å². The Morgan fingerprint density at radius 1 is 1.24 bits per heavy atom. The van der Waals surface area contributed by atoms with Crippen molar-refractivity contribution >= 4 is 21.7 Å². The second kappa shape index (κ2) is 4.84. The van der Waals surface area contributed by atoms with E-state index in [0.29, 0.717) is 12.8 Å². The number of carbonyl (C=O) groups excluding carboxylic acids is 2. The highest BCUT2D eigenvalue weighted by molar-refractivity contribution is 7.93. The first-order chi connectivity index (χ1) is 9.98. The SMILES string of the molecule is COC(=O)N1[C@@H]2CC[C@H]1[C@H](S(=O)(=O)c1ccccc1)C2=O. The van der Waals surface area contributed by atoms with E-state index in [1.165, 1.54) is 24.1 Å². The maximum Gasteiger partial charge on any atom is 0.410 e. The van der Waals surface area contributed by atoms with Crippen LogP contribution in [0.4, 0.5) is 4.79 Å². The van der Waals surface area contributed by atoms with Crippen molar-refractivity contribution in [3.05, 3.63) is 30.3 Å². The van der Waals surface area contributed by atoms with Crippen molar-refractivity contribution < 1.29 is 22.7 Å². The zero-order valence-corrected chi connectivity index (χ0v) is 12.2. The number of hydrogen-bond donors (Lipinski definition) is 0. The lowest BCUT2D eigenvalue weighted by atomic mass is 9.99. The van der Waals surface area contributed by atoms with Crippen LogP contribution in [-0.4, -0.2) is 49.6 Å². The van der Waals surface area contributed by atoms with Crippen molar-refractivity contribution in [1.29, 1.82) is 0 Å². The van der Waals surface area contributed by atoms with Crippen LogP contribution in [0.1, 0.15) is 12.8 Å². The van der Waals surface area contributed by atoms with E-state index < -0.39 is 39.0 Å². The van der Waals surface area contributed by atoms with Crippen LogP contribution in [0.15, 0.2) is 35.2 Å². The van der Waals surface area contributed by atoms with Crippen molar-refractivity contribution in [3.8, 4) is 0 Å². The van der Waals surface area contributed by atoms with Crippen molar-refractivity contribution in [2.24, 2.45) is 0 Å². The molecular formula is C14H15NO5S. The van der Waals surface area contributed by atoms with Crippen LogP contribution in [0, 0.1) is 0 Å². The van der Waals surface area contributed by atoms with Crippen molar-refractivity contribution in [1.82, 2.24) is 4.90 Å². The molecule has 7 heteroatoms. The van der Waals surface area contributed by atoms with Crippen LogP contribution < -0.4 is 0 Å². The first-order valence-electron chi connectivity index (χ1n) is 6.67. The predicted molar refractivity (Wildman–Crippen MR) is 73.5 cm³/mol. The Hall–Kier alpha value is -1.89. The molecule has 6 nitrogen and oxygen atoms in total. The van der Waals surface area contributed by atoms with Crippen LogP contribution in [0.2, 0.25) is 0 Å². The third-order valence-corrected chi connectivity index (χ3v) is 6.32. The Kier molecular flexibility index (Phi) is 3.24. The Labute approximate surface area is 122 Å². The number of nitrogens with zero attached hydrogens (tertiary/aromatic N) is 1. The van der Waals surface area contributed by atoms with Crippen LogP contribution in [0.3, 0.4) is 0 Å². The minimum Gasteiger partial charge on any atom is -0.453 e. The number of sulfone groups is 1. The van der Waals surface area contributed by atoms with Gasteiger partial charge in [0.1, 0.15) is 5.25 Å². The number of amides is 1. The lowest BCUT2D eigenvalue weighted by Gasteiger charge is -2.21. The van der Waals surface area contributed by atoms with E-state index in [-0.39, 0.29) is 4.90 Å². The summed E-state index contributed by atoms with van der Waals surface area (Å²) in [7, 11) is -2.56. The Balaban J connectivity index is 2.01. The molecule has 1 amide bonds. The molecule has 2 aliphatic heterocycles. The predicted octanol–water partition coefficient (Wildman–Crippen LogP) is 1.01. The van der Waals surface area contributed by atoms with Crippen molar-refractivity contribution in [2.45, 2.75) is 35.1 Å². The van der Waals surface area contributed by atoms with E-state index in [9.17, 15) is 18.0 Å². The van der Waals surface area contributed by atoms with Gasteiger partial charge in [0.25, 0.3) is 0 Å². The van der Waals surface area contributed by atoms with Crippen LogP contribution >= 0.6 is 0 Å². The highest BCUT2D eigenvalue weighted by Crippen LogP contribution is 2.40. The third-order valence-electron chi connectivity index (χ3n) is 4.18. The number of carbonyl (C=O) groups is 2. The fourth-order valence-electron chi connectivity index (χ4n) is 3.28. The van der Waals surface area contributed by atoms with E-state index in [0.717, 1.165) is 0 Å². The van der Waals surface area contributed by atoms with E-state index >= 15 is 0 Å². The molecule has 21 heavy (non-hydrogen) atoms. The fourth-order valence-corrected chi connectivity index (χ4v) is 5.25. The molecular weight excluding hydrogens is 294 g/mol. The average Bonchev–Trinajstić information content (AvgIpc) is 3.03. The summed E-state index contributed by atoms with van der Waals surface area (Å²) in [4.78, 5) is 25.6.